The lowest BCUT2D eigenvalue weighted by molar-refractivity contribution is -0.140. The highest BCUT2D eigenvalue weighted by atomic mass is 32.1. The van der Waals surface area contributed by atoms with Crippen LogP contribution in [0, 0.1) is 0 Å². The number of thiophene rings is 1. The highest BCUT2D eigenvalue weighted by Crippen LogP contribution is 2.22. The number of carbonyl (C=O) groups excluding carboxylic acids is 2. The lowest BCUT2D eigenvalue weighted by Crippen LogP contribution is -2.57. The van der Waals surface area contributed by atoms with E-state index in [9.17, 15) is 9.59 Å². The molecule has 0 radical (unpaired) electrons. The third-order valence-electron chi connectivity index (χ3n) is 5.62. The Morgan fingerprint density at radius 1 is 1.20 bits per heavy atom. The number of piperazine rings is 1. The summed E-state index contributed by atoms with van der Waals surface area (Å²) in [5, 5.41) is 1.94. The maximum atomic E-state index is 13.0. The van der Waals surface area contributed by atoms with Gasteiger partial charge in [0.1, 0.15) is 0 Å². The van der Waals surface area contributed by atoms with Gasteiger partial charge in [-0.3, -0.25) is 14.5 Å². The van der Waals surface area contributed by atoms with Crippen LogP contribution in [-0.2, 0) is 4.79 Å². The van der Waals surface area contributed by atoms with E-state index in [0.717, 1.165) is 43.8 Å². The Labute approximate surface area is 154 Å². The second kappa shape index (κ2) is 8.32. The van der Waals surface area contributed by atoms with Crippen LogP contribution in [0.25, 0.3) is 0 Å². The van der Waals surface area contributed by atoms with Gasteiger partial charge in [-0.05, 0) is 44.1 Å². The average molecular weight is 364 g/mol. The molecular weight excluding hydrogens is 334 g/mol. The van der Waals surface area contributed by atoms with Gasteiger partial charge in [0, 0.05) is 38.8 Å². The first kappa shape index (κ1) is 18.4. The number of likely N-dealkylation sites (tertiary alicyclic amines) is 1. The van der Waals surface area contributed by atoms with Gasteiger partial charge in [0.15, 0.2) is 0 Å². The smallest absolute Gasteiger partial charge is 0.264 e. The molecule has 5 nitrogen and oxygen atoms in total. The third kappa shape index (κ3) is 4.06. The van der Waals surface area contributed by atoms with Crippen molar-refractivity contribution in [3.8, 4) is 0 Å². The Morgan fingerprint density at radius 3 is 2.60 bits per heavy atom. The number of rotatable bonds is 4. The quantitative estimate of drug-likeness (QED) is 0.826. The molecule has 2 amide bonds. The van der Waals surface area contributed by atoms with Gasteiger partial charge >= 0.3 is 0 Å². The fourth-order valence-electron chi connectivity index (χ4n) is 3.98. The summed E-state index contributed by atoms with van der Waals surface area (Å²) in [6.07, 6.45) is 4.54. The van der Waals surface area contributed by atoms with Gasteiger partial charge in [-0.15, -0.1) is 11.3 Å². The molecule has 0 N–H and O–H groups in total. The Balaban J connectivity index is 1.55. The van der Waals surface area contributed by atoms with Crippen LogP contribution in [0.4, 0.5) is 0 Å². The van der Waals surface area contributed by atoms with Crippen molar-refractivity contribution in [2.24, 2.45) is 0 Å². The van der Waals surface area contributed by atoms with Gasteiger partial charge in [-0.1, -0.05) is 13.0 Å². The maximum Gasteiger partial charge on any atom is 0.264 e. The SMILES string of the molecule is CCC1CCCCN1C(=O)C(C)N1CCN(C(=O)c2cccs2)CC1. The average Bonchev–Trinajstić information content (AvgIpc) is 3.21. The second-order valence-corrected chi connectivity index (χ2v) is 8.02. The summed E-state index contributed by atoms with van der Waals surface area (Å²) in [6, 6.07) is 4.11. The summed E-state index contributed by atoms with van der Waals surface area (Å²) >= 11 is 1.49. The van der Waals surface area contributed by atoms with Crippen molar-refractivity contribution in [1.29, 1.82) is 0 Å². The summed E-state index contributed by atoms with van der Waals surface area (Å²) in [5.41, 5.74) is 0. The number of carbonyl (C=O) groups is 2. The van der Waals surface area contributed by atoms with Crippen molar-refractivity contribution >= 4 is 23.2 Å². The van der Waals surface area contributed by atoms with E-state index in [0.29, 0.717) is 19.1 Å². The molecule has 2 atom stereocenters. The molecule has 0 bridgehead atoms. The van der Waals surface area contributed by atoms with Crippen LogP contribution in [0.1, 0.15) is 49.2 Å². The molecule has 1 aromatic heterocycles. The number of nitrogens with zero attached hydrogens (tertiary/aromatic N) is 3. The van der Waals surface area contributed by atoms with Gasteiger partial charge in [0.05, 0.1) is 10.9 Å². The molecular formula is C19H29N3O2S. The van der Waals surface area contributed by atoms with Crippen molar-refractivity contribution in [1.82, 2.24) is 14.7 Å². The summed E-state index contributed by atoms with van der Waals surface area (Å²) in [6.45, 7) is 8.05. The van der Waals surface area contributed by atoms with Crippen molar-refractivity contribution < 1.29 is 9.59 Å². The Bertz CT molecular complexity index is 581. The van der Waals surface area contributed by atoms with E-state index in [4.69, 9.17) is 0 Å². The van der Waals surface area contributed by atoms with Crippen LogP contribution in [0.3, 0.4) is 0 Å². The van der Waals surface area contributed by atoms with Crippen LogP contribution in [-0.4, -0.2) is 71.3 Å². The van der Waals surface area contributed by atoms with E-state index in [1.807, 2.05) is 29.3 Å². The lowest BCUT2D eigenvalue weighted by atomic mass is 9.99. The molecule has 6 heteroatoms. The van der Waals surface area contributed by atoms with E-state index >= 15 is 0 Å². The minimum absolute atomic E-state index is 0.0915. The van der Waals surface area contributed by atoms with Crippen LogP contribution < -0.4 is 0 Å². The van der Waals surface area contributed by atoms with E-state index < -0.39 is 0 Å². The standard InChI is InChI=1S/C19H29N3O2S/c1-3-16-7-4-5-9-22(16)18(23)15(2)20-10-12-21(13-11-20)19(24)17-8-6-14-25-17/h6,8,14-16H,3-5,7,9-13H2,1-2H3. The molecule has 1 aromatic rings. The van der Waals surface area contributed by atoms with Crippen molar-refractivity contribution in [2.45, 2.75) is 51.6 Å². The molecule has 25 heavy (non-hydrogen) atoms. The summed E-state index contributed by atoms with van der Waals surface area (Å²) in [5.74, 6) is 0.389. The van der Waals surface area contributed by atoms with Gasteiger partial charge in [0.2, 0.25) is 5.91 Å². The highest BCUT2D eigenvalue weighted by Gasteiger charge is 2.33. The first-order valence-electron chi connectivity index (χ1n) is 9.49. The summed E-state index contributed by atoms with van der Waals surface area (Å²) < 4.78 is 0. The number of hydrogen-bond donors (Lipinski definition) is 0. The second-order valence-electron chi connectivity index (χ2n) is 7.07. The zero-order valence-corrected chi connectivity index (χ0v) is 16.1. The minimum atomic E-state index is -0.0915. The van der Waals surface area contributed by atoms with Crippen LogP contribution in [0.2, 0.25) is 0 Å². The zero-order valence-electron chi connectivity index (χ0n) is 15.3. The molecule has 0 spiro atoms. The van der Waals surface area contributed by atoms with Gasteiger partial charge < -0.3 is 9.80 Å². The molecule has 2 saturated heterocycles. The van der Waals surface area contributed by atoms with Crippen molar-refractivity contribution in [3.05, 3.63) is 22.4 Å². The van der Waals surface area contributed by atoms with Crippen LogP contribution >= 0.6 is 11.3 Å². The molecule has 138 valence electrons. The van der Waals surface area contributed by atoms with E-state index in [1.54, 1.807) is 0 Å². The van der Waals surface area contributed by atoms with E-state index in [1.165, 1.54) is 17.8 Å². The van der Waals surface area contributed by atoms with Gasteiger partial charge in [-0.25, -0.2) is 0 Å². The lowest BCUT2D eigenvalue weighted by Gasteiger charge is -2.42. The Morgan fingerprint density at radius 2 is 1.96 bits per heavy atom. The predicted octanol–water partition coefficient (Wildman–Crippen LogP) is 2.69. The highest BCUT2D eigenvalue weighted by molar-refractivity contribution is 7.12. The molecule has 2 fully saturated rings. The summed E-state index contributed by atoms with van der Waals surface area (Å²) in [7, 11) is 0. The first-order valence-corrected chi connectivity index (χ1v) is 10.4. The number of hydrogen-bond acceptors (Lipinski definition) is 4. The summed E-state index contributed by atoms with van der Waals surface area (Å²) in [4.78, 5) is 32.5. The molecule has 2 unspecified atom stereocenters. The fourth-order valence-corrected chi connectivity index (χ4v) is 4.67. The largest absolute Gasteiger partial charge is 0.338 e. The number of piperidine rings is 1. The number of amides is 2. The molecule has 2 aliphatic rings. The fraction of sp³-hybridized carbons (Fsp3) is 0.684. The molecule has 0 aromatic carbocycles. The Kier molecular flexibility index (Phi) is 6.12. The van der Waals surface area contributed by atoms with Crippen LogP contribution in [0.15, 0.2) is 17.5 Å². The molecule has 3 rings (SSSR count). The molecule has 2 aliphatic heterocycles. The monoisotopic (exact) mass is 363 g/mol. The maximum absolute atomic E-state index is 13.0. The Hall–Kier alpha value is -1.40. The first-order chi connectivity index (χ1) is 12.1. The van der Waals surface area contributed by atoms with Crippen molar-refractivity contribution in [3.63, 3.8) is 0 Å². The minimum Gasteiger partial charge on any atom is -0.338 e. The molecule has 0 aliphatic carbocycles. The normalized spacial score (nSPS) is 23.5. The third-order valence-corrected chi connectivity index (χ3v) is 6.48. The van der Waals surface area contributed by atoms with E-state index in [-0.39, 0.29) is 17.9 Å². The zero-order chi connectivity index (χ0) is 17.8. The van der Waals surface area contributed by atoms with Gasteiger partial charge in [-0.2, -0.15) is 0 Å². The topological polar surface area (TPSA) is 43.9 Å². The van der Waals surface area contributed by atoms with Crippen LogP contribution in [0.5, 0.6) is 0 Å². The van der Waals surface area contributed by atoms with E-state index in [2.05, 4.69) is 16.7 Å². The molecule has 3 heterocycles. The molecule has 0 saturated carbocycles. The van der Waals surface area contributed by atoms with Gasteiger partial charge in [0.25, 0.3) is 5.91 Å². The van der Waals surface area contributed by atoms with Crippen molar-refractivity contribution in [2.75, 3.05) is 32.7 Å². The predicted molar refractivity (Wildman–Crippen MR) is 101 cm³/mol.